The van der Waals surface area contributed by atoms with Crippen LogP contribution >= 0.6 is 11.3 Å². The number of nitrogens with one attached hydrogen (secondary N) is 1. The summed E-state index contributed by atoms with van der Waals surface area (Å²) in [5, 5.41) is 21.5. The molecule has 3 heterocycles. The van der Waals surface area contributed by atoms with Gasteiger partial charge >= 0.3 is 0 Å². The molecule has 2 aliphatic rings. The molecule has 1 aromatic heterocycles. The van der Waals surface area contributed by atoms with E-state index in [2.05, 4.69) is 9.62 Å². The standard InChI is InChI=1S/C14H22N2O5S2/c17-9-11-14(18)13(16-5-1-2-6-16)10(21-11)8-15-23(19,20)12-4-3-7-22-12/h3-4,7,10-11,13-15,17-18H,1-2,5-6,8-9H2. The number of nitrogens with zero attached hydrogens (tertiary/aromatic N) is 1. The first-order chi connectivity index (χ1) is 11.0. The molecule has 9 heteroatoms. The van der Waals surface area contributed by atoms with E-state index in [1.54, 1.807) is 17.5 Å². The van der Waals surface area contributed by atoms with Gasteiger partial charge in [0.2, 0.25) is 10.0 Å². The molecule has 130 valence electrons. The molecule has 2 saturated heterocycles. The highest BCUT2D eigenvalue weighted by Crippen LogP contribution is 2.28. The Hall–Kier alpha value is -0.550. The highest BCUT2D eigenvalue weighted by atomic mass is 32.2. The van der Waals surface area contributed by atoms with E-state index in [1.807, 2.05) is 0 Å². The van der Waals surface area contributed by atoms with Gasteiger partial charge in [0.1, 0.15) is 16.4 Å². The predicted octanol–water partition coefficient (Wildman–Crippen LogP) is -0.389. The number of rotatable bonds is 6. The third kappa shape index (κ3) is 3.60. The summed E-state index contributed by atoms with van der Waals surface area (Å²) >= 11 is 1.15. The Morgan fingerprint density at radius 1 is 1.35 bits per heavy atom. The lowest BCUT2D eigenvalue weighted by atomic mass is 10.0. The highest BCUT2D eigenvalue weighted by Gasteiger charge is 2.46. The molecule has 0 spiro atoms. The summed E-state index contributed by atoms with van der Waals surface area (Å²) in [5.74, 6) is 0. The van der Waals surface area contributed by atoms with Crippen LogP contribution in [0.2, 0.25) is 0 Å². The van der Waals surface area contributed by atoms with E-state index < -0.39 is 28.3 Å². The van der Waals surface area contributed by atoms with Crippen molar-refractivity contribution in [3.8, 4) is 0 Å². The first kappa shape index (κ1) is 17.3. The van der Waals surface area contributed by atoms with Crippen molar-refractivity contribution in [3.63, 3.8) is 0 Å². The molecule has 0 aromatic carbocycles. The lowest BCUT2D eigenvalue weighted by Crippen LogP contribution is -2.50. The molecule has 0 bridgehead atoms. The normalized spacial score (nSPS) is 32.6. The second-order valence-electron chi connectivity index (χ2n) is 5.90. The zero-order chi connectivity index (χ0) is 16.4. The van der Waals surface area contributed by atoms with Crippen molar-refractivity contribution in [1.29, 1.82) is 0 Å². The van der Waals surface area contributed by atoms with E-state index in [1.165, 1.54) is 0 Å². The number of ether oxygens (including phenoxy) is 1. The zero-order valence-electron chi connectivity index (χ0n) is 12.7. The second-order valence-corrected chi connectivity index (χ2v) is 8.85. The van der Waals surface area contributed by atoms with Gasteiger partial charge in [0.05, 0.1) is 18.8 Å². The molecule has 0 radical (unpaired) electrons. The van der Waals surface area contributed by atoms with Crippen LogP contribution in [0.1, 0.15) is 12.8 Å². The summed E-state index contributed by atoms with van der Waals surface area (Å²) in [6.07, 6.45) is 0.155. The first-order valence-electron chi connectivity index (χ1n) is 7.74. The molecule has 0 saturated carbocycles. The Morgan fingerprint density at radius 2 is 2.09 bits per heavy atom. The maximum atomic E-state index is 12.2. The predicted molar refractivity (Wildman–Crippen MR) is 85.9 cm³/mol. The fourth-order valence-corrected chi connectivity index (χ4v) is 5.40. The lowest BCUT2D eigenvalue weighted by molar-refractivity contribution is -0.0201. The summed E-state index contributed by atoms with van der Waals surface area (Å²) < 4.78 is 33.0. The van der Waals surface area contributed by atoms with Gasteiger partial charge in [-0.2, -0.15) is 0 Å². The van der Waals surface area contributed by atoms with Gasteiger partial charge in [0.25, 0.3) is 0 Å². The van der Waals surface area contributed by atoms with Gasteiger partial charge in [-0.1, -0.05) is 6.07 Å². The van der Waals surface area contributed by atoms with E-state index in [-0.39, 0.29) is 23.4 Å². The van der Waals surface area contributed by atoms with Crippen molar-refractivity contribution < 1.29 is 23.4 Å². The highest BCUT2D eigenvalue weighted by molar-refractivity contribution is 7.91. The Bertz CT molecular complexity index is 601. The van der Waals surface area contributed by atoms with Gasteiger partial charge in [-0.3, -0.25) is 4.90 Å². The molecule has 7 nitrogen and oxygen atoms in total. The van der Waals surface area contributed by atoms with Crippen LogP contribution in [0.4, 0.5) is 0 Å². The average molecular weight is 362 g/mol. The average Bonchev–Trinajstić information content (AvgIpc) is 3.26. The van der Waals surface area contributed by atoms with Crippen LogP contribution < -0.4 is 4.72 Å². The van der Waals surface area contributed by atoms with Crippen LogP contribution in [0.3, 0.4) is 0 Å². The molecule has 4 atom stereocenters. The molecule has 2 fully saturated rings. The Labute approximate surface area is 139 Å². The van der Waals surface area contributed by atoms with Crippen molar-refractivity contribution in [2.75, 3.05) is 26.2 Å². The van der Waals surface area contributed by atoms with Gasteiger partial charge in [-0.05, 0) is 37.4 Å². The van der Waals surface area contributed by atoms with Crippen LogP contribution in [-0.2, 0) is 14.8 Å². The first-order valence-corrected chi connectivity index (χ1v) is 10.1. The summed E-state index contributed by atoms with van der Waals surface area (Å²) in [6.45, 7) is 1.52. The van der Waals surface area contributed by atoms with Crippen molar-refractivity contribution in [2.24, 2.45) is 0 Å². The summed E-state index contributed by atoms with van der Waals surface area (Å²) in [7, 11) is -3.57. The van der Waals surface area contributed by atoms with Crippen molar-refractivity contribution in [1.82, 2.24) is 9.62 Å². The van der Waals surface area contributed by atoms with Crippen LogP contribution in [-0.4, -0.2) is 74.1 Å². The topological polar surface area (TPSA) is 99.1 Å². The van der Waals surface area contributed by atoms with Crippen LogP contribution in [0, 0.1) is 0 Å². The van der Waals surface area contributed by atoms with Crippen molar-refractivity contribution >= 4 is 21.4 Å². The van der Waals surface area contributed by atoms with E-state index in [0.717, 1.165) is 37.3 Å². The molecular weight excluding hydrogens is 340 g/mol. The molecule has 3 N–H and O–H groups in total. The van der Waals surface area contributed by atoms with Gasteiger partial charge in [0, 0.05) is 6.54 Å². The van der Waals surface area contributed by atoms with E-state index in [9.17, 15) is 18.6 Å². The summed E-state index contributed by atoms with van der Waals surface area (Å²) in [6, 6.07) is 2.94. The lowest BCUT2D eigenvalue weighted by Gasteiger charge is -2.29. The number of likely N-dealkylation sites (tertiary alicyclic amines) is 1. The van der Waals surface area contributed by atoms with Gasteiger partial charge in [-0.15, -0.1) is 11.3 Å². The van der Waals surface area contributed by atoms with Crippen molar-refractivity contribution in [3.05, 3.63) is 17.5 Å². The fraction of sp³-hybridized carbons (Fsp3) is 0.714. The van der Waals surface area contributed by atoms with Gasteiger partial charge in [0.15, 0.2) is 0 Å². The van der Waals surface area contributed by atoms with Crippen molar-refractivity contribution in [2.45, 2.75) is 41.4 Å². The Morgan fingerprint density at radius 3 is 2.70 bits per heavy atom. The minimum absolute atomic E-state index is 0.0783. The van der Waals surface area contributed by atoms with E-state index >= 15 is 0 Å². The largest absolute Gasteiger partial charge is 0.394 e. The molecule has 23 heavy (non-hydrogen) atoms. The smallest absolute Gasteiger partial charge is 0.250 e. The monoisotopic (exact) mass is 362 g/mol. The number of aliphatic hydroxyl groups excluding tert-OH is 2. The Kier molecular flexibility index (Phi) is 5.36. The van der Waals surface area contributed by atoms with E-state index in [4.69, 9.17) is 4.74 Å². The minimum Gasteiger partial charge on any atom is -0.394 e. The molecule has 3 rings (SSSR count). The fourth-order valence-electron chi connectivity index (χ4n) is 3.32. The van der Waals surface area contributed by atoms with E-state index in [0.29, 0.717) is 0 Å². The number of hydrogen-bond acceptors (Lipinski definition) is 7. The molecule has 0 amide bonds. The SMILES string of the molecule is O=S(=O)(NCC1OC(CO)C(O)C1N1CCCC1)c1cccs1. The number of sulfonamides is 1. The summed E-state index contributed by atoms with van der Waals surface area (Å²) in [5.41, 5.74) is 0. The molecular formula is C14H22N2O5S2. The number of hydrogen-bond donors (Lipinski definition) is 3. The van der Waals surface area contributed by atoms with Crippen LogP contribution in [0.5, 0.6) is 0 Å². The number of aliphatic hydroxyl groups is 2. The Balaban J connectivity index is 1.69. The minimum atomic E-state index is -3.57. The zero-order valence-corrected chi connectivity index (χ0v) is 14.3. The quantitative estimate of drug-likeness (QED) is 0.638. The molecule has 4 unspecified atom stereocenters. The number of thiophene rings is 1. The maximum Gasteiger partial charge on any atom is 0.250 e. The van der Waals surface area contributed by atoms with Crippen LogP contribution in [0.25, 0.3) is 0 Å². The summed E-state index contributed by atoms with van der Waals surface area (Å²) in [4.78, 5) is 2.13. The third-order valence-electron chi connectivity index (χ3n) is 4.44. The third-order valence-corrected chi connectivity index (χ3v) is 7.26. The second kappa shape index (κ2) is 7.14. The molecule has 2 aliphatic heterocycles. The molecule has 0 aliphatic carbocycles. The van der Waals surface area contributed by atoms with Gasteiger partial charge in [-0.25, -0.2) is 13.1 Å². The molecule has 1 aromatic rings. The van der Waals surface area contributed by atoms with Gasteiger partial charge < -0.3 is 14.9 Å². The maximum absolute atomic E-state index is 12.2. The van der Waals surface area contributed by atoms with Crippen LogP contribution in [0.15, 0.2) is 21.7 Å².